The molecule has 108 valence electrons. The van der Waals surface area contributed by atoms with Crippen LogP contribution in [0, 0.1) is 5.92 Å². The lowest BCUT2D eigenvalue weighted by molar-refractivity contribution is -0.149. The molecule has 5 nitrogen and oxygen atoms in total. The molecule has 5 heteroatoms. The lowest BCUT2D eigenvalue weighted by Gasteiger charge is -2.31. The molecule has 1 aliphatic rings. The quantitative estimate of drug-likeness (QED) is 0.856. The number of benzene rings is 1. The molecule has 1 fully saturated rings. The molecule has 0 bridgehead atoms. The first-order valence-corrected chi connectivity index (χ1v) is 6.87. The molecule has 0 radical (unpaired) electrons. The third-order valence-electron chi connectivity index (χ3n) is 3.46. The summed E-state index contributed by atoms with van der Waals surface area (Å²) >= 11 is 0. The Labute approximate surface area is 118 Å². The molecule has 1 aromatic rings. The van der Waals surface area contributed by atoms with Crippen molar-refractivity contribution in [3.8, 4) is 5.75 Å². The van der Waals surface area contributed by atoms with Crippen LogP contribution in [0.25, 0.3) is 0 Å². The minimum absolute atomic E-state index is 0.0317. The molecule has 0 aromatic heterocycles. The largest absolute Gasteiger partial charge is 0.507 e. The zero-order chi connectivity index (χ0) is 14.5. The molecule has 0 spiro atoms. The van der Waals surface area contributed by atoms with Crippen LogP contribution < -0.4 is 0 Å². The Balaban J connectivity index is 2.07. The highest BCUT2D eigenvalue weighted by atomic mass is 16.5. The number of hydrogen-bond donors (Lipinski definition) is 1. The number of aromatic hydroxyl groups is 1. The maximum atomic E-state index is 12.4. The van der Waals surface area contributed by atoms with Gasteiger partial charge in [0.15, 0.2) is 0 Å². The zero-order valence-electron chi connectivity index (χ0n) is 11.5. The Bertz CT molecular complexity index is 500. The predicted octanol–water partition coefficient (Wildman–Crippen LogP) is 1.81. The normalized spacial score (nSPS) is 18.6. The van der Waals surface area contributed by atoms with E-state index in [0.29, 0.717) is 19.7 Å². The fourth-order valence-corrected chi connectivity index (χ4v) is 2.44. The van der Waals surface area contributed by atoms with E-state index in [1.165, 1.54) is 6.07 Å². The summed E-state index contributed by atoms with van der Waals surface area (Å²) < 4.78 is 5.01. The van der Waals surface area contributed by atoms with E-state index in [-0.39, 0.29) is 29.1 Å². The SMILES string of the molecule is CCOC(=O)C1CCCN(C(=O)c2ccccc2O)C1. The molecule has 2 rings (SSSR count). The topological polar surface area (TPSA) is 66.8 Å². The summed E-state index contributed by atoms with van der Waals surface area (Å²) in [7, 11) is 0. The lowest BCUT2D eigenvalue weighted by Crippen LogP contribution is -2.42. The van der Waals surface area contributed by atoms with Crippen LogP contribution in [0.5, 0.6) is 5.75 Å². The molecule has 0 saturated carbocycles. The van der Waals surface area contributed by atoms with Gasteiger partial charge in [-0.3, -0.25) is 9.59 Å². The highest BCUT2D eigenvalue weighted by Crippen LogP contribution is 2.23. The van der Waals surface area contributed by atoms with Crippen LogP contribution in [0.1, 0.15) is 30.1 Å². The minimum Gasteiger partial charge on any atom is -0.507 e. The van der Waals surface area contributed by atoms with Crippen LogP contribution in [-0.2, 0) is 9.53 Å². The van der Waals surface area contributed by atoms with E-state index >= 15 is 0 Å². The number of piperidine rings is 1. The number of rotatable bonds is 3. The standard InChI is InChI=1S/C15H19NO4/c1-2-20-15(19)11-6-5-9-16(10-11)14(18)12-7-3-4-8-13(12)17/h3-4,7-8,11,17H,2,5-6,9-10H2,1H3. The van der Waals surface area contributed by atoms with Crippen molar-refractivity contribution in [3.63, 3.8) is 0 Å². The van der Waals surface area contributed by atoms with Gasteiger partial charge in [-0.05, 0) is 31.9 Å². The summed E-state index contributed by atoms with van der Waals surface area (Å²) in [6, 6.07) is 6.45. The van der Waals surface area contributed by atoms with E-state index < -0.39 is 0 Å². The van der Waals surface area contributed by atoms with Gasteiger partial charge in [-0.25, -0.2) is 0 Å². The van der Waals surface area contributed by atoms with Gasteiger partial charge in [-0.15, -0.1) is 0 Å². The third kappa shape index (κ3) is 3.10. The molecular formula is C15H19NO4. The summed E-state index contributed by atoms with van der Waals surface area (Å²) in [5, 5.41) is 9.73. The molecule has 20 heavy (non-hydrogen) atoms. The number of ether oxygens (including phenoxy) is 1. The highest BCUT2D eigenvalue weighted by Gasteiger charge is 2.30. The van der Waals surface area contributed by atoms with Crippen molar-refractivity contribution in [3.05, 3.63) is 29.8 Å². The Morgan fingerprint density at radius 3 is 2.85 bits per heavy atom. The van der Waals surface area contributed by atoms with E-state index in [0.717, 1.165) is 12.8 Å². The number of phenols is 1. The zero-order valence-corrected chi connectivity index (χ0v) is 11.5. The molecule has 1 aromatic carbocycles. The highest BCUT2D eigenvalue weighted by molar-refractivity contribution is 5.97. The second-order valence-electron chi connectivity index (χ2n) is 4.86. The van der Waals surface area contributed by atoms with Crippen molar-refractivity contribution in [1.82, 2.24) is 4.90 Å². The maximum absolute atomic E-state index is 12.4. The van der Waals surface area contributed by atoms with Gasteiger partial charge in [0.05, 0.1) is 18.1 Å². The van der Waals surface area contributed by atoms with Crippen LogP contribution >= 0.6 is 0 Å². The summed E-state index contributed by atoms with van der Waals surface area (Å²) in [6.07, 6.45) is 1.51. The monoisotopic (exact) mass is 277 g/mol. The van der Waals surface area contributed by atoms with E-state index in [2.05, 4.69) is 0 Å². The van der Waals surface area contributed by atoms with Crippen molar-refractivity contribution in [2.75, 3.05) is 19.7 Å². The van der Waals surface area contributed by atoms with Crippen LogP contribution in [0.3, 0.4) is 0 Å². The summed E-state index contributed by atoms with van der Waals surface area (Å²) in [5.41, 5.74) is 0.275. The fraction of sp³-hybridized carbons (Fsp3) is 0.467. The van der Waals surface area contributed by atoms with Gasteiger partial charge in [0, 0.05) is 13.1 Å². The van der Waals surface area contributed by atoms with Crippen LogP contribution in [0.4, 0.5) is 0 Å². The Hall–Kier alpha value is -2.04. The second kappa shape index (κ2) is 6.41. The van der Waals surface area contributed by atoms with Gasteiger partial charge in [0.2, 0.25) is 0 Å². The molecule has 1 amide bonds. The van der Waals surface area contributed by atoms with Crippen molar-refractivity contribution < 1.29 is 19.4 Å². The van der Waals surface area contributed by atoms with Crippen molar-refractivity contribution in [1.29, 1.82) is 0 Å². The van der Waals surface area contributed by atoms with Crippen LogP contribution in [0.2, 0.25) is 0 Å². The van der Waals surface area contributed by atoms with Gasteiger partial charge in [-0.1, -0.05) is 12.1 Å². The first-order valence-electron chi connectivity index (χ1n) is 6.87. The number of hydrogen-bond acceptors (Lipinski definition) is 4. The Morgan fingerprint density at radius 1 is 1.40 bits per heavy atom. The number of likely N-dealkylation sites (tertiary alicyclic amines) is 1. The van der Waals surface area contributed by atoms with E-state index in [1.807, 2.05) is 0 Å². The van der Waals surface area contributed by atoms with Crippen molar-refractivity contribution in [2.24, 2.45) is 5.92 Å². The summed E-state index contributed by atoms with van der Waals surface area (Å²) in [6.45, 7) is 3.07. The molecule has 1 unspecified atom stereocenters. The van der Waals surface area contributed by atoms with Gasteiger partial charge in [-0.2, -0.15) is 0 Å². The molecule has 1 atom stereocenters. The smallest absolute Gasteiger partial charge is 0.310 e. The molecule has 1 saturated heterocycles. The average molecular weight is 277 g/mol. The van der Waals surface area contributed by atoms with Crippen molar-refractivity contribution >= 4 is 11.9 Å². The molecule has 1 heterocycles. The fourth-order valence-electron chi connectivity index (χ4n) is 2.44. The minimum atomic E-state index is -0.265. The molecular weight excluding hydrogens is 258 g/mol. The summed E-state index contributed by atoms with van der Waals surface area (Å²) in [5.74, 6) is -0.784. The second-order valence-corrected chi connectivity index (χ2v) is 4.86. The first kappa shape index (κ1) is 14.4. The van der Waals surface area contributed by atoms with Crippen LogP contribution in [0.15, 0.2) is 24.3 Å². The number of para-hydroxylation sites is 1. The maximum Gasteiger partial charge on any atom is 0.310 e. The molecule has 1 N–H and O–H groups in total. The summed E-state index contributed by atoms with van der Waals surface area (Å²) in [4.78, 5) is 25.7. The molecule has 1 aliphatic heterocycles. The number of carbonyl (C=O) groups excluding carboxylic acids is 2. The average Bonchev–Trinajstić information content (AvgIpc) is 2.47. The van der Waals surface area contributed by atoms with Gasteiger partial charge in [0.25, 0.3) is 5.91 Å². The van der Waals surface area contributed by atoms with Crippen molar-refractivity contribution in [2.45, 2.75) is 19.8 Å². The lowest BCUT2D eigenvalue weighted by atomic mass is 9.97. The number of esters is 1. The number of phenolic OH excluding ortho intramolecular Hbond substituents is 1. The number of carbonyl (C=O) groups is 2. The van der Waals surface area contributed by atoms with E-state index in [1.54, 1.807) is 30.0 Å². The third-order valence-corrected chi connectivity index (χ3v) is 3.46. The Kier molecular flexibility index (Phi) is 4.61. The Morgan fingerprint density at radius 2 is 2.15 bits per heavy atom. The predicted molar refractivity (Wildman–Crippen MR) is 73.4 cm³/mol. The van der Waals surface area contributed by atoms with Gasteiger partial charge in [0.1, 0.15) is 5.75 Å². The molecule has 0 aliphatic carbocycles. The van der Waals surface area contributed by atoms with Gasteiger partial charge >= 0.3 is 5.97 Å². The van der Waals surface area contributed by atoms with Crippen LogP contribution in [-0.4, -0.2) is 41.6 Å². The van der Waals surface area contributed by atoms with E-state index in [9.17, 15) is 14.7 Å². The number of amides is 1. The number of nitrogens with zero attached hydrogens (tertiary/aromatic N) is 1. The van der Waals surface area contributed by atoms with Gasteiger partial charge < -0.3 is 14.7 Å². The van der Waals surface area contributed by atoms with E-state index in [4.69, 9.17) is 4.74 Å². The first-order chi connectivity index (χ1) is 9.63.